The van der Waals surface area contributed by atoms with Crippen LogP contribution in [0, 0.1) is 5.92 Å². The average molecular weight is 326 g/mol. The van der Waals surface area contributed by atoms with Gasteiger partial charge in [0.2, 0.25) is 5.91 Å². The normalized spacial score (nSPS) is 24.1. The zero-order valence-electron chi connectivity index (χ0n) is 14.4. The molecule has 5 heteroatoms. The largest absolute Gasteiger partial charge is 0.333 e. The summed E-state index contributed by atoms with van der Waals surface area (Å²) in [5.41, 5.74) is 2.16. The number of hydrogen-bond acceptors (Lipinski definition) is 3. The van der Waals surface area contributed by atoms with Crippen LogP contribution >= 0.6 is 0 Å². The number of benzene rings is 1. The van der Waals surface area contributed by atoms with E-state index in [2.05, 4.69) is 27.9 Å². The Morgan fingerprint density at radius 3 is 3.00 bits per heavy atom. The fourth-order valence-corrected chi connectivity index (χ4v) is 4.23. The van der Waals surface area contributed by atoms with E-state index in [-0.39, 0.29) is 6.04 Å². The molecule has 1 amide bonds. The third kappa shape index (κ3) is 2.81. The van der Waals surface area contributed by atoms with Gasteiger partial charge in [-0.15, -0.1) is 0 Å². The Labute approximate surface area is 143 Å². The first kappa shape index (κ1) is 15.6. The molecule has 128 valence electrons. The van der Waals surface area contributed by atoms with Gasteiger partial charge < -0.3 is 14.8 Å². The second-order valence-electron chi connectivity index (χ2n) is 7.16. The van der Waals surface area contributed by atoms with Gasteiger partial charge in [0.05, 0.1) is 17.1 Å². The highest BCUT2D eigenvalue weighted by atomic mass is 16.2. The Balaban J connectivity index is 1.51. The van der Waals surface area contributed by atoms with E-state index in [1.165, 1.54) is 6.42 Å². The van der Waals surface area contributed by atoms with Crippen LogP contribution in [-0.4, -0.2) is 40.0 Å². The highest BCUT2D eigenvalue weighted by Crippen LogP contribution is 2.33. The van der Waals surface area contributed by atoms with Crippen molar-refractivity contribution in [2.24, 2.45) is 13.0 Å². The topological polar surface area (TPSA) is 50.2 Å². The Hall–Kier alpha value is -1.88. The summed E-state index contributed by atoms with van der Waals surface area (Å²) in [6.07, 6.45) is 4.99. The lowest BCUT2D eigenvalue weighted by atomic mass is 10.0. The van der Waals surface area contributed by atoms with E-state index in [1.54, 1.807) is 0 Å². The molecule has 3 heterocycles. The molecule has 2 unspecified atom stereocenters. The number of carbonyl (C=O) groups excluding carboxylic acids is 1. The molecule has 0 aliphatic carbocycles. The summed E-state index contributed by atoms with van der Waals surface area (Å²) in [7, 11) is 2.07. The maximum absolute atomic E-state index is 12.8. The number of likely N-dealkylation sites (tertiary alicyclic amines) is 1. The van der Waals surface area contributed by atoms with Crippen LogP contribution < -0.4 is 5.32 Å². The molecule has 1 aromatic carbocycles. The number of para-hydroxylation sites is 2. The van der Waals surface area contributed by atoms with E-state index >= 15 is 0 Å². The lowest BCUT2D eigenvalue weighted by Gasteiger charge is -2.25. The number of hydrogen-bond donors (Lipinski definition) is 1. The molecule has 0 saturated carbocycles. The fourth-order valence-electron chi connectivity index (χ4n) is 4.23. The van der Waals surface area contributed by atoms with Crippen molar-refractivity contribution in [3.63, 3.8) is 0 Å². The van der Waals surface area contributed by atoms with Crippen LogP contribution in [0.25, 0.3) is 11.0 Å². The molecule has 2 aromatic rings. The molecule has 0 radical (unpaired) electrons. The van der Waals surface area contributed by atoms with Gasteiger partial charge in [0.15, 0.2) is 0 Å². The standard InChI is InChI=1S/C19H26N4O/c1-22-16-6-3-2-5-15(16)21-19(22)17-7-4-12-23(17)18(24)9-8-14-10-11-20-13-14/h2-3,5-6,14,17,20H,4,7-13H2,1H3. The van der Waals surface area contributed by atoms with Crippen molar-refractivity contribution in [3.8, 4) is 0 Å². The summed E-state index contributed by atoms with van der Waals surface area (Å²) in [5.74, 6) is 2.01. The summed E-state index contributed by atoms with van der Waals surface area (Å²) in [6, 6.07) is 8.34. The van der Waals surface area contributed by atoms with Gasteiger partial charge >= 0.3 is 0 Å². The summed E-state index contributed by atoms with van der Waals surface area (Å²) in [4.78, 5) is 19.7. The van der Waals surface area contributed by atoms with E-state index < -0.39 is 0 Å². The van der Waals surface area contributed by atoms with Crippen molar-refractivity contribution in [2.45, 2.75) is 38.1 Å². The molecule has 4 rings (SSSR count). The minimum Gasteiger partial charge on any atom is -0.333 e. The van der Waals surface area contributed by atoms with Crippen molar-refractivity contribution in [1.29, 1.82) is 0 Å². The molecular weight excluding hydrogens is 300 g/mol. The molecule has 0 bridgehead atoms. The zero-order chi connectivity index (χ0) is 16.5. The average Bonchev–Trinajstić information content (AvgIpc) is 3.33. The molecule has 1 N–H and O–H groups in total. The third-order valence-corrected chi connectivity index (χ3v) is 5.62. The van der Waals surface area contributed by atoms with Crippen LogP contribution in [0.3, 0.4) is 0 Å². The van der Waals surface area contributed by atoms with E-state index in [9.17, 15) is 4.79 Å². The number of nitrogens with zero attached hydrogens (tertiary/aromatic N) is 3. The van der Waals surface area contributed by atoms with Gasteiger partial charge in [0.25, 0.3) is 0 Å². The number of aromatic nitrogens is 2. The van der Waals surface area contributed by atoms with Crippen LogP contribution in [-0.2, 0) is 11.8 Å². The number of amides is 1. The van der Waals surface area contributed by atoms with Crippen molar-refractivity contribution < 1.29 is 4.79 Å². The predicted molar refractivity (Wildman–Crippen MR) is 94.6 cm³/mol. The minimum atomic E-state index is 0.136. The minimum absolute atomic E-state index is 0.136. The van der Waals surface area contributed by atoms with E-state index in [1.807, 2.05) is 18.2 Å². The van der Waals surface area contributed by atoms with Crippen molar-refractivity contribution in [3.05, 3.63) is 30.1 Å². The van der Waals surface area contributed by atoms with Crippen molar-refractivity contribution in [2.75, 3.05) is 19.6 Å². The number of carbonyl (C=O) groups is 1. The smallest absolute Gasteiger partial charge is 0.223 e. The summed E-state index contributed by atoms with van der Waals surface area (Å²) < 4.78 is 2.16. The Bertz CT molecular complexity index is 732. The highest BCUT2D eigenvalue weighted by Gasteiger charge is 2.33. The second-order valence-corrected chi connectivity index (χ2v) is 7.16. The molecule has 5 nitrogen and oxygen atoms in total. The van der Waals surface area contributed by atoms with Crippen LogP contribution in [0.1, 0.15) is 44.0 Å². The quantitative estimate of drug-likeness (QED) is 0.940. The van der Waals surface area contributed by atoms with Crippen LogP contribution in [0.4, 0.5) is 0 Å². The second kappa shape index (κ2) is 6.55. The van der Waals surface area contributed by atoms with Gasteiger partial charge in [-0.3, -0.25) is 4.79 Å². The van der Waals surface area contributed by atoms with Gasteiger partial charge in [-0.25, -0.2) is 4.98 Å². The Morgan fingerprint density at radius 2 is 2.21 bits per heavy atom. The number of aryl methyl sites for hydroxylation is 1. The van der Waals surface area contributed by atoms with E-state index in [0.29, 0.717) is 18.2 Å². The Morgan fingerprint density at radius 1 is 1.33 bits per heavy atom. The zero-order valence-corrected chi connectivity index (χ0v) is 14.4. The number of nitrogens with one attached hydrogen (secondary N) is 1. The number of fused-ring (bicyclic) bond motifs is 1. The number of imidazole rings is 1. The first-order valence-electron chi connectivity index (χ1n) is 9.15. The maximum atomic E-state index is 12.8. The van der Waals surface area contributed by atoms with Crippen LogP contribution in [0.5, 0.6) is 0 Å². The summed E-state index contributed by atoms with van der Waals surface area (Å²) in [6.45, 7) is 3.04. The molecule has 2 saturated heterocycles. The molecule has 1 aromatic heterocycles. The predicted octanol–water partition coefficient (Wildman–Crippen LogP) is 2.63. The molecule has 24 heavy (non-hydrogen) atoms. The SMILES string of the molecule is Cn1c(C2CCCN2C(=O)CCC2CCNC2)nc2ccccc21. The van der Waals surface area contributed by atoms with Gasteiger partial charge in [0, 0.05) is 20.0 Å². The van der Waals surface area contributed by atoms with Gasteiger partial charge in [-0.2, -0.15) is 0 Å². The molecule has 2 atom stereocenters. The first-order valence-corrected chi connectivity index (χ1v) is 9.15. The van der Waals surface area contributed by atoms with Gasteiger partial charge in [-0.1, -0.05) is 12.1 Å². The van der Waals surface area contributed by atoms with Crippen LogP contribution in [0.15, 0.2) is 24.3 Å². The lowest BCUT2D eigenvalue weighted by molar-refractivity contribution is -0.132. The van der Waals surface area contributed by atoms with E-state index in [0.717, 1.165) is 55.8 Å². The maximum Gasteiger partial charge on any atom is 0.223 e. The summed E-state index contributed by atoms with van der Waals surface area (Å²) >= 11 is 0. The van der Waals surface area contributed by atoms with Crippen LogP contribution in [0.2, 0.25) is 0 Å². The highest BCUT2D eigenvalue weighted by molar-refractivity contribution is 5.78. The van der Waals surface area contributed by atoms with Crippen molar-refractivity contribution >= 4 is 16.9 Å². The van der Waals surface area contributed by atoms with Gasteiger partial charge in [0.1, 0.15) is 5.82 Å². The molecule has 2 aliphatic rings. The molecule has 2 aliphatic heterocycles. The lowest BCUT2D eigenvalue weighted by Crippen LogP contribution is -2.32. The summed E-state index contributed by atoms with van der Waals surface area (Å²) in [5, 5.41) is 3.38. The fraction of sp³-hybridized carbons (Fsp3) is 0.579. The monoisotopic (exact) mass is 326 g/mol. The molecule has 2 fully saturated rings. The molecule has 0 spiro atoms. The van der Waals surface area contributed by atoms with Crippen molar-refractivity contribution in [1.82, 2.24) is 19.8 Å². The Kier molecular flexibility index (Phi) is 4.27. The number of rotatable bonds is 4. The molecular formula is C19H26N4O. The van der Waals surface area contributed by atoms with E-state index in [4.69, 9.17) is 4.98 Å². The van der Waals surface area contributed by atoms with Gasteiger partial charge in [-0.05, 0) is 56.8 Å². The first-order chi connectivity index (χ1) is 11.7. The third-order valence-electron chi connectivity index (χ3n) is 5.62.